The maximum absolute atomic E-state index is 13.3. The van der Waals surface area contributed by atoms with Crippen LogP contribution in [0.2, 0.25) is 0 Å². The molecule has 2 atom stereocenters. The number of carbonyl (C=O) groups is 1. The fourth-order valence-corrected chi connectivity index (χ4v) is 4.65. The van der Waals surface area contributed by atoms with Gasteiger partial charge in [0.2, 0.25) is 5.91 Å². The molecule has 0 aliphatic carbocycles. The molecule has 1 saturated heterocycles. The average molecular weight is 432 g/mol. The van der Waals surface area contributed by atoms with Gasteiger partial charge in [-0.15, -0.1) is 0 Å². The Hall–Kier alpha value is -2.54. The van der Waals surface area contributed by atoms with Crippen molar-refractivity contribution in [1.82, 2.24) is 4.90 Å². The number of likely N-dealkylation sites (N-methyl/N-ethyl adjacent to an activating group) is 1. The average Bonchev–Trinajstić information content (AvgIpc) is 3.14. The zero-order chi connectivity index (χ0) is 22.3. The van der Waals surface area contributed by atoms with Crippen molar-refractivity contribution in [2.75, 3.05) is 36.5 Å². The zero-order valence-corrected chi connectivity index (χ0v) is 18.1. The van der Waals surface area contributed by atoms with Gasteiger partial charge >= 0.3 is 6.18 Å². The molecule has 31 heavy (non-hydrogen) atoms. The van der Waals surface area contributed by atoms with Gasteiger partial charge in [0.25, 0.3) is 0 Å². The second-order valence-electron chi connectivity index (χ2n) is 8.71. The van der Waals surface area contributed by atoms with Gasteiger partial charge in [-0.25, -0.2) is 0 Å². The van der Waals surface area contributed by atoms with Crippen molar-refractivity contribution in [2.45, 2.75) is 44.9 Å². The van der Waals surface area contributed by atoms with E-state index in [0.717, 1.165) is 42.5 Å². The van der Waals surface area contributed by atoms with Crippen LogP contribution in [-0.2, 0) is 23.8 Å². The van der Waals surface area contributed by atoms with Crippen LogP contribution in [0.3, 0.4) is 0 Å². The molecule has 4 rings (SSSR count). The lowest BCUT2D eigenvalue weighted by Crippen LogP contribution is -2.55. The quantitative estimate of drug-likeness (QED) is 0.722. The number of amides is 1. The van der Waals surface area contributed by atoms with Crippen molar-refractivity contribution in [1.29, 1.82) is 0 Å². The first-order valence-electron chi connectivity index (χ1n) is 10.7. The highest BCUT2D eigenvalue weighted by Crippen LogP contribution is 2.35. The third-order valence-corrected chi connectivity index (χ3v) is 6.65. The van der Waals surface area contributed by atoms with Crippen LogP contribution in [0.5, 0.6) is 0 Å². The summed E-state index contributed by atoms with van der Waals surface area (Å²) in [5, 5.41) is 0. The Balaban J connectivity index is 1.56. The van der Waals surface area contributed by atoms with E-state index in [4.69, 9.17) is 0 Å². The topological polar surface area (TPSA) is 26.8 Å². The lowest BCUT2D eigenvalue weighted by atomic mass is 10.0. The van der Waals surface area contributed by atoms with Gasteiger partial charge in [-0.1, -0.05) is 24.3 Å². The van der Waals surface area contributed by atoms with Gasteiger partial charge in [-0.3, -0.25) is 9.69 Å². The number of carbonyl (C=O) groups excluding carboxylic acids is 1. The van der Waals surface area contributed by atoms with Crippen LogP contribution < -0.4 is 9.80 Å². The van der Waals surface area contributed by atoms with E-state index in [2.05, 4.69) is 42.8 Å². The van der Waals surface area contributed by atoms with Crippen LogP contribution in [0.4, 0.5) is 24.5 Å². The van der Waals surface area contributed by atoms with Crippen molar-refractivity contribution in [3.8, 4) is 0 Å². The third-order valence-electron chi connectivity index (χ3n) is 6.65. The predicted octanol–water partition coefficient (Wildman–Crippen LogP) is 4.37. The van der Waals surface area contributed by atoms with Gasteiger partial charge in [0.05, 0.1) is 12.0 Å². The second kappa shape index (κ2) is 8.19. The SMILES string of the molecule is C[C@@H]1CN(c2ccc3c(c2)N(C(=O)Cc2ccccc2C(F)(F)F)CC3)C[C@H](C)N1C. The summed E-state index contributed by atoms with van der Waals surface area (Å²) < 4.78 is 40.0. The summed E-state index contributed by atoms with van der Waals surface area (Å²) in [4.78, 5) is 19.4. The van der Waals surface area contributed by atoms with E-state index < -0.39 is 11.7 Å². The van der Waals surface area contributed by atoms with Gasteiger partial charge < -0.3 is 9.80 Å². The molecule has 0 saturated carbocycles. The molecule has 0 unspecified atom stereocenters. The normalized spacial score (nSPS) is 22.0. The maximum atomic E-state index is 13.3. The molecule has 4 nitrogen and oxygen atoms in total. The van der Waals surface area contributed by atoms with E-state index >= 15 is 0 Å². The molecular formula is C24H28F3N3O. The van der Waals surface area contributed by atoms with E-state index in [-0.39, 0.29) is 17.9 Å². The molecule has 2 aliphatic heterocycles. The van der Waals surface area contributed by atoms with Crippen LogP contribution in [0.25, 0.3) is 0 Å². The van der Waals surface area contributed by atoms with Crippen molar-refractivity contribution < 1.29 is 18.0 Å². The van der Waals surface area contributed by atoms with Crippen LogP contribution in [0.15, 0.2) is 42.5 Å². The van der Waals surface area contributed by atoms with Gasteiger partial charge in [0, 0.05) is 43.1 Å². The number of fused-ring (bicyclic) bond motifs is 1. The summed E-state index contributed by atoms with van der Waals surface area (Å²) in [5.74, 6) is -0.298. The van der Waals surface area contributed by atoms with E-state index in [9.17, 15) is 18.0 Å². The molecule has 0 bridgehead atoms. The van der Waals surface area contributed by atoms with Crippen molar-refractivity contribution in [3.63, 3.8) is 0 Å². The number of alkyl halides is 3. The summed E-state index contributed by atoms with van der Waals surface area (Å²) in [6.07, 6.45) is -4.01. The summed E-state index contributed by atoms with van der Waals surface area (Å²) >= 11 is 0. The summed E-state index contributed by atoms with van der Waals surface area (Å²) in [7, 11) is 2.13. The van der Waals surface area contributed by atoms with Crippen LogP contribution in [0.1, 0.15) is 30.5 Å². The molecule has 7 heteroatoms. The Kier molecular flexibility index (Phi) is 5.73. The highest BCUT2D eigenvalue weighted by molar-refractivity contribution is 5.97. The molecule has 1 fully saturated rings. The Morgan fingerprint density at radius 3 is 2.42 bits per heavy atom. The largest absolute Gasteiger partial charge is 0.416 e. The Bertz CT molecular complexity index is 963. The minimum atomic E-state index is -4.47. The molecule has 2 aromatic rings. The Morgan fingerprint density at radius 2 is 1.74 bits per heavy atom. The summed E-state index contributed by atoms with van der Waals surface area (Å²) in [6.45, 7) is 6.69. The molecule has 2 heterocycles. The first-order valence-corrected chi connectivity index (χ1v) is 10.7. The third kappa shape index (κ3) is 4.28. The monoisotopic (exact) mass is 431 g/mol. The lowest BCUT2D eigenvalue weighted by Gasteiger charge is -2.43. The number of rotatable bonds is 3. The van der Waals surface area contributed by atoms with Gasteiger partial charge in [0.15, 0.2) is 0 Å². The number of hydrogen-bond donors (Lipinski definition) is 0. The zero-order valence-electron chi connectivity index (χ0n) is 18.1. The molecule has 0 radical (unpaired) electrons. The predicted molar refractivity (Wildman–Crippen MR) is 117 cm³/mol. The van der Waals surface area contributed by atoms with Gasteiger partial charge in [-0.2, -0.15) is 13.2 Å². The molecule has 0 N–H and O–H groups in total. The number of nitrogens with zero attached hydrogens (tertiary/aromatic N) is 3. The number of hydrogen-bond acceptors (Lipinski definition) is 3. The second-order valence-corrected chi connectivity index (χ2v) is 8.71. The molecule has 2 aliphatic rings. The smallest absolute Gasteiger partial charge is 0.368 e. The molecule has 0 spiro atoms. The minimum absolute atomic E-state index is 0.0197. The molecule has 2 aromatic carbocycles. The highest BCUT2D eigenvalue weighted by Gasteiger charge is 2.35. The Labute approximate surface area is 181 Å². The lowest BCUT2D eigenvalue weighted by molar-refractivity contribution is -0.138. The minimum Gasteiger partial charge on any atom is -0.368 e. The standard InChI is InChI=1S/C24H28F3N3O/c1-16-14-29(15-17(2)28(16)3)20-9-8-18-10-11-30(22(18)13-20)23(31)12-19-6-4-5-7-21(19)24(25,26)27/h4-9,13,16-17H,10-12,14-15H2,1-3H3/t16-,17+. The van der Waals surface area contributed by atoms with Crippen LogP contribution in [-0.4, -0.2) is 49.6 Å². The fraction of sp³-hybridized carbons (Fsp3) is 0.458. The molecular weight excluding hydrogens is 403 g/mol. The first-order chi connectivity index (χ1) is 14.6. The van der Waals surface area contributed by atoms with Crippen LogP contribution in [0, 0.1) is 0 Å². The van der Waals surface area contributed by atoms with Crippen LogP contribution >= 0.6 is 0 Å². The molecule has 0 aromatic heterocycles. The van der Waals surface area contributed by atoms with Crippen molar-refractivity contribution >= 4 is 17.3 Å². The summed E-state index contributed by atoms with van der Waals surface area (Å²) in [6, 6.07) is 12.3. The van der Waals surface area contributed by atoms with E-state index in [0.29, 0.717) is 18.6 Å². The van der Waals surface area contributed by atoms with E-state index in [1.54, 1.807) is 11.0 Å². The number of piperazine rings is 1. The van der Waals surface area contributed by atoms with E-state index in [1.807, 2.05) is 6.07 Å². The maximum Gasteiger partial charge on any atom is 0.416 e. The molecule has 1 amide bonds. The Morgan fingerprint density at radius 1 is 1.06 bits per heavy atom. The molecule has 166 valence electrons. The number of anilines is 2. The van der Waals surface area contributed by atoms with Crippen molar-refractivity contribution in [2.24, 2.45) is 0 Å². The first kappa shape index (κ1) is 21.7. The number of benzene rings is 2. The van der Waals surface area contributed by atoms with Crippen molar-refractivity contribution in [3.05, 3.63) is 59.2 Å². The van der Waals surface area contributed by atoms with Gasteiger partial charge in [0.1, 0.15) is 0 Å². The fourth-order valence-electron chi connectivity index (χ4n) is 4.65. The highest BCUT2D eigenvalue weighted by atomic mass is 19.4. The number of halogens is 3. The van der Waals surface area contributed by atoms with Gasteiger partial charge in [-0.05, 0) is 56.6 Å². The summed E-state index contributed by atoms with van der Waals surface area (Å²) in [5.41, 5.74) is 2.23. The van der Waals surface area contributed by atoms with E-state index in [1.165, 1.54) is 12.1 Å².